The quantitative estimate of drug-likeness (QED) is 0.841. The molecular weight excluding hydrogens is 264 g/mol. The highest BCUT2D eigenvalue weighted by Crippen LogP contribution is 2.30. The Balaban J connectivity index is 2.10. The number of nitrogens with zero attached hydrogens (tertiary/aromatic N) is 1. The fraction of sp³-hybridized carbons (Fsp3) is 1.00. The van der Waals surface area contributed by atoms with Crippen LogP contribution in [0.1, 0.15) is 44.9 Å². The summed E-state index contributed by atoms with van der Waals surface area (Å²) in [5.41, 5.74) is 5.78. The molecule has 1 aliphatic carbocycles. The molecule has 0 aromatic carbocycles. The third kappa shape index (κ3) is 3.29. The molecule has 5 nitrogen and oxygen atoms in total. The fourth-order valence-corrected chi connectivity index (χ4v) is 5.57. The van der Waals surface area contributed by atoms with E-state index in [1.165, 1.54) is 0 Å². The highest BCUT2D eigenvalue weighted by Gasteiger charge is 2.39. The normalized spacial score (nSPS) is 31.5. The molecule has 2 fully saturated rings. The molecule has 0 bridgehead atoms. The van der Waals surface area contributed by atoms with Crippen molar-refractivity contribution in [3.05, 3.63) is 0 Å². The van der Waals surface area contributed by atoms with Crippen molar-refractivity contribution < 1.29 is 13.2 Å². The van der Waals surface area contributed by atoms with Crippen LogP contribution in [0, 0.1) is 0 Å². The zero-order chi connectivity index (χ0) is 13.9. The third-order valence-electron chi connectivity index (χ3n) is 4.52. The Bertz CT molecular complexity index is 379. The Labute approximate surface area is 116 Å². The van der Waals surface area contributed by atoms with Crippen LogP contribution in [0.25, 0.3) is 0 Å². The minimum absolute atomic E-state index is 0.0920. The van der Waals surface area contributed by atoms with Gasteiger partial charge in [-0.3, -0.25) is 0 Å². The van der Waals surface area contributed by atoms with E-state index in [9.17, 15) is 8.42 Å². The molecule has 1 aliphatic heterocycles. The first-order valence-corrected chi connectivity index (χ1v) is 8.83. The van der Waals surface area contributed by atoms with E-state index < -0.39 is 10.0 Å². The molecule has 19 heavy (non-hydrogen) atoms. The van der Waals surface area contributed by atoms with Gasteiger partial charge in [0.15, 0.2) is 0 Å². The van der Waals surface area contributed by atoms with Crippen molar-refractivity contribution in [2.75, 3.05) is 20.2 Å². The summed E-state index contributed by atoms with van der Waals surface area (Å²) in [6.45, 7) is 0.936. The van der Waals surface area contributed by atoms with Crippen molar-refractivity contribution in [3.63, 3.8) is 0 Å². The molecule has 2 atom stereocenters. The maximum atomic E-state index is 12.7. The average molecular weight is 290 g/mol. The summed E-state index contributed by atoms with van der Waals surface area (Å²) in [6, 6.07) is -0.0920. The van der Waals surface area contributed by atoms with Gasteiger partial charge in [0.2, 0.25) is 10.0 Å². The van der Waals surface area contributed by atoms with E-state index in [1.807, 2.05) is 0 Å². The summed E-state index contributed by atoms with van der Waals surface area (Å²) in [7, 11) is -1.50. The van der Waals surface area contributed by atoms with Gasteiger partial charge in [0.1, 0.15) is 0 Å². The van der Waals surface area contributed by atoms with Crippen molar-refractivity contribution in [2.45, 2.75) is 62.3 Å². The maximum Gasteiger partial charge on any atom is 0.217 e. The van der Waals surface area contributed by atoms with Gasteiger partial charge in [0.05, 0.1) is 11.4 Å². The summed E-state index contributed by atoms with van der Waals surface area (Å²) >= 11 is 0. The lowest BCUT2D eigenvalue weighted by molar-refractivity contribution is 0.0397. The lowest BCUT2D eigenvalue weighted by Crippen LogP contribution is -2.53. The molecule has 1 heterocycles. The van der Waals surface area contributed by atoms with Gasteiger partial charge < -0.3 is 10.5 Å². The van der Waals surface area contributed by atoms with Crippen LogP contribution < -0.4 is 5.73 Å². The highest BCUT2D eigenvalue weighted by atomic mass is 32.2. The molecule has 6 heteroatoms. The van der Waals surface area contributed by atoms with Crippen LogP contribution in [0.15, 0.2) is 0 Å². The van der Waals surface area contributed by atoms with Gasteiger partial charge in [-0.2, -0.15) is 4.31 Å². The lowest BCUT2D eigenvalue weighted by atomic mass is 10.0. The summed E-state index contributed by atoms with van der Waals surface area (Å²) in [6.07, 6.45) is 6.49. The van der Waals surface area contributed by atoms with Crippen LogP contribution in [0.5, 0.6) is 0 Å². The number of sulfonamides is 1. The van der Waals surface area contributed by atoms with Gasteiger partial charge in [-0.1, -0.05) is 19.3 Å². The second kappa shape index (κ2) is 6.52. The molecule has 2 rings (SSSR count). The molecule has 2 unspecified atom stereocenters. The number of methoxy groups -OCH3 is 1. The predicted octanol–water partition coefficient (Wildman–Crippen LogP) is 1.09. The van der Waals surface area contributed by atoms with Crippen molar-refractivity contribution in [1.82, 2.24) is 4.31 Å². The molecule has 1 saturated heterocycles. The Morgan fingerprint density at radius 1 is 1.21 bits per heavy atom. The lowest BCUT2D eigenvalue weighted by Gasteiger charge is -2.39. The summed E-state index contributed by atoms with van der Waals surface area (Å²) < 4.78 is 32.5. The average Bonchev–Trinajstić information content (AvgIpc) is 2.47. The summed E-state index contributed by atoms with van der Waals surface area (Å²) in [5.74, 6) is 0. The molecule has 2 aliphatic rings. The topological polar surface area (TPSA) is 72.6 Å². The first-order chi connectivity index (χ1) is 9.09. The van der Waals surface area contributed by atoms with E-state index in [2.05, 4.69) is 0 Å². The van der Waals surface area contributed by atoms with Gasteiger partial charge in [0, 0.05) is 26.2 Å². The van der Waals surface area contributed by atoms with Crippen LogP contribution in [-0.4, -0.2) is 50.3 Å². The molecular formula is C13H26N2O3S. The van der Waals surface area contributed by atoms with Crippen LogP contribution in [0.2, 0.25) is 0 Å². The maximum absolute atomic E-state index is 12.7. The Kier molecular flexibility index (Phi) is 5.22. The molecule has 0 aromatic rings. The first-order valence-electron chi connectivity index (χ1n) is 7.33. The number of ether oxygens (including phenoxy) is 1. The van der Waals surface area contributed by atoms with Gasteiger partial charge >= 0.3 is 0 Å². The van der Waals surface area contributed by atoms with E-state index in [-0.39, 0.29) is 17.4 Å². The third-order valence-corrected chi connectivity index (χ3v) is 6.97. The SMILES string of the molecule is COC1CCN(S(=O)(=O)C2CCCCC2)C(CN)C1. The van der Waals surface area contributed by atoms with Crippen LogP contribution in [0.3, 0.4) is 0 Å². The van der Waals surface area contributed by atoms with Gasteiger partial charge in [-0.25, -0.2) is 8.42 Å². The van der Waals surface area contributed by atoms with Crippen LogP contribution in [0.4, 0.5) is 0 Å². The minimum Gasteiger partial charge on any atom is -0.381 e. The zero-order valence-electron chi connectivity index (χ0n) is 11.8. The molecule has 0 aromatic heterocycles. The van der Waals surface area contributed by atoms with Crippen molar-refractivity contribution in [1.29, 1.82) is 0 Å². The van der Waals surface area contributed by atoms with Crippen LogP contribution in [-0.2, 0) is 14.8 Å². The van der Waals surface area contributed by atoms with E-state index in [1.54, 1.807) is 11.4 Å². The molecule has 0 spiro atoms. The minimum atomic E-state index is -3.18. The molecule has 0 radical (unpaired) electrons. The highest BCUT2D eigenvalue weighted by molar-refractivity contribution is 7.89. The van der Waals surface area contributed by atoms with E-state index in [0.717, 1.165) is 44.9 Å². The van der Waals surface area contributed by atoms with Crippen molar-refractivity contribution in [2.24, 2.45) is 5.73 Å². The largest absolute Gasteiger partial charge is 0.381 e. The Morgan fingerprint density at radius 2 is 1.89 bits per heavy atom. The number of nitrogens with two attached hydrogens (primary N) is 1. The van der Waals surface area contributed by atoms with E-state index in [4.69, 9.17) is 10.5 Å². The van der Waals surface area contributed by atoms with Crippen LogP contribution >= 0.6 is 0 Å². The zero-order valence-corrected chi connectivity index (χ0v) is 12.6. The molecule has 0 amide bonds. The van der Waals surface area contributed by atoms with Crippen molar-refractivity contribution >= 4 is 10.0 Å². The second-order valence-corrected chi connectivity index (χ2v) is 7.85. The summed E-state index contributed by atoms with van der Waals surface area (Å²) in [5, 5.41) is -0.186. The molecule has 112 valence electrons. The fourth-order valence-electron chi connectivity index (χ4n) is 3.31. The van der Waals surface area contributed by atoms with E-state index >= 15 is 0 Å². The number of hydrogen-bond acceptors (Lipinski definition) is 4. The van der Waals surface area contributed by atoms with Gasteiger partial charge in [-0.15, -0.1) is 0 Å². The Hall–Kier alpha value is -0.170. The molecule has 2 N–H and O–H groups in total. The summed E-state index contributed by atoms with van der Waals surface area (Å²) in [4.78, 5) is 0. The molecule has 1 saturated carbocycles. The van der Waals surface area contributed by atoms with E-state index in [0.29, 0.717) is 13.1 Å². The second-order valence-electron chi connectivity index (χ2n) is 5.69. The predicted molar refractivity (Wildman–Crippen MR) is 75.4 cm³/mol. The number of hydrogen-bond donors (Lipinski definition) is 1. The van der Waals surface area contributed by atoms with Gasteiger partial charge in [0.25, 0.3) is 0 Å². The number of rotatable bonds is 4. The van der Waals surface area contributed by atoms with Crippen molar-refractivity contribution in [3.8, 4) is 0 Å². The smallest absolute Gasteiger partial charge is 0.217 e. The van der Waals surface area contributed by atoms with Gasteiger partial charge in [-0.05, 0) is 25.7 Å². The number of piperidine rings is 1. The first kappa shape index (κ1) is 15.2. The standard InChI is InChI=1S/C13H26N2O3S/c1-18-12-7-8-15(11(9-12)10-14)19(16,17)13-5-3-2-4-6-13/h11-13H,2-10,14H2,1H3. The monoisotopic (exact) mass is 290 g/mol. The Morgan fingerprint density at radius 3 is 2.47 bits per heavy atom.